The van der Waals surface area contributed by atoms with Crippen LogP contribution in [0.4, 0.5) is 0 Å². The summed E-state index contributed by atoms with van der Waals surface area (Å²) >= 11 is 18.0. The molecule has 1 fully saturated rings. The first-order valence-corrected chi connectivity index (χ1v) is 7.09. The molecule has 5 heteroatoms. The number of halogens is 3. The van der Waals surface area contributed by atoms with Crippen LogP contribution in [0.15, 0.2) is 12.1 Å². The molecule has 1 saturated heterocycles. The molecule has 1 aliphatic heterocycles. The second-order valence-corrected chi connectivity index (χ2v) is 5.61. The van der Waals surface area contributed by atoms with Gasteiger partial charge in [0.15, 0.2) is 0 Å². The van der Waals surface area contributed by atoms with E-state index in [9.17, 15) is 0 Å². The Kier molecular flexibility index (Phi) is 5.58. The van der Waals surface area contributed by atoms with E-state index in [-0.39, 0.29) is 0 Å². The molecule has 0 bridgehead atoms. The Morgan fingerprint density at radius 2 is 1.94 bits per heavy atom. The Labute approximate surface area is 123 Å². The van der Waals surface area contributed by atoms with Gasteiger partial charge in [-0.25, -0.2) is 0 Å². The van der Waals surface area contributed by atoms with Crippen LogP contribution in [-0.4, -0.2) is 12.6 Å². The topological polar surface area (TPSA) is 21.3 Å². The van der Waals surface area contributed by atoms with E-state index in [0.29, 0.717) is 34.3 Å². The summed E-state index contributed by atoms with van der Waals surface area (Å²) in [6.45, 7) is 3.17. The highest BCUT2D eigenvalue weighted by Gasteiger charge is 2.14. The second kappa shape index (κ2) is 6.97. The fraction of sp³-hybridized carbons (Fsp3) is 0.462. The molecule has 1 heterocycles. The molecule has 0 spiro atoms. The summed E-state index contributed by atoms with van der Waals surface area (Å²) in [5, 5.41) is 4.95. The molecule has 99 valence electrons. The largest absolute Gasteiger partial charge is 0.375 e. The zero-order chi connectivity index (χ0) is 13.0. The van der Waals surface area contributed by atoms with E-state index in [1.54, 1.807) is 12.1 Å². The minimum Gasteiger partial charge on any atom is -0.375 e. The van der Waals surface area contributed by atoms with Crippen molar-refractivity contribution in [2.24, 2.45) is 0 Å². The first-order chi connectivity index (χ1) is 8.66. The Morgan fingerprint density at radius 3 is 2.56 bits per heavy atom. The molecule has 1 aromatic carbocycles. The molecule has 18 heavy (non-hydrogen) atoms. The maximum atomic E-state index is 6.09. The summed E-state index contributed by atoms with van der Waals surface area (Å²) in [6.07, 6.45) is 3.48. The molecular weight excluding hydrogens is 293 g/mol. The van der Waals surface area contributed by atoms with E-state index in [0.717, 1.165) is 18.4 Å². The van der Waals surface area contributed by atoms with Crippen LogP contribution in [0.3, 0.4) is 0 Å². The minimum absolute atomic E-state index is 0.392. The second-order valence-electron chi connectivity index (χ2n) is 4.36. The number of benzene rings is 1. The van der Waals surface area contributed by atoms with Crippen molar-refractivity contribution in [1.82, 2.24) is 5.32 Å². The Morgan fingerprint density at radius 1 is 1.22 bits per heavy atom. The van der Waals surface area contributed by atoms with E-state index in [4.69, 9.17) is 39.5 Å². The molecule has 0 aromatic heterocycles. The maximum absolute atomic E-state index is 6.09. The van der Waals surface area contributed by atoms with E-state index >= 15 is 0 Å². The SMILES string of the molecule is Clc1cc(Cl)c(COCC2CCC[CH]N2)c(Cl)c1. The Balaban J connectivity index is 1.86. The van der Waals surface area contributed by atoms with Crippen molar-refractivity contribution in [3.8, 4) is 0 Å². The molecule has 1 aliphatic rings. The van der Waals surface area contributed by atoms with Gasteiger partial charge in [0.05, 0.1) is 13.2 Å². The van der Waals surface area contributed by atoms with Crippen molar-refractivity contribution in [1.29, 1.82) is 0 Å². The van der Waals surface area contributed by atoms with Gasteiger partial charge in [0.2, 0.25) is 0 Å². The predicted molar refractivity (Wildman–Crippen MR) is 76.2 cm³/mol. The third-order valence-corrected chi connectivity index (χ3v) is 3.82. The maximum Gasteiger partial charge on any atom is 0.0746 e. The van der Waals surface area contributed by atoms with Gasteiger partial charge >= 0.3 is 0 Å². The van der Waals surface area contributed by atoms with Gasteiger partial charge in [0, 0.05) is 33.2 Å². The van der Waals surface area contributed by atoms with Gasteiger partial charge in [-0.2, -0.15) is 0 Å². The van der Waals surface area contributed by atoms with Gasteiger partial charge in [0.25, 0.3) is 0 Å². The van der Waals surface area contributed by atoms with Crippen molar-refractivity contribution >= 4 is 34.8 Å². The lowest BCUT2D eigenvalue weighted by molar-refractivity contribution is 0.0945. The van der Waals surface area contributed by atoms with E-state index in [1.165, 1.54) is 6.42 Å². The lowest BCUT2D eigenvalue weighted by Crippen LogP contribution is -2.34. The minimum atomic E-state index is 0.392. The average molecular weight is 308 g/mol. The standard InChI is InChI=1S/C13H15Cl3NO/c14-9-5-12(15)11(13(16)6-9)8-18-7-10-3-1-2-4-17-10/h4-6,10,17H,1-3,7-8H2. The molecule has 1 N–H and O–H groups in total. The number of rotatable bonds is 4. The zero-order valence-corrected chi connectivity index (χ0v) is 12.2. The molecule has 0 amide bonds. The lowest BCUT2D eigenvalue weighted by atomic mass is 10.1. The molecule has 1 radical (unpaired) electrons. The van der Waals surface area contributed by atoms with Crippen LogP contribution >= 0.6 is 34.8 Å². The number of ether oxygens (including phenoxy) is 1. The monoisotopic (exact) mass is 306 g/mol. The Hall–Kier alpha value is 0.01000. The molecule has 1 atom stereocenters. The number of hydrogen-bond acceptors (Lipinski definition) is 2. The number of hydrogen-bond donors (Lipinski definition) is 1. The highest BCUT2D eigenvalue weighted by Crippen LogP contribution is 2.29. The molecular formula is C13H15Cl3NO. The highest BCUT2D eigenvalue weighted by atomic mass is 35.5. The first kappa shape index (κ1) is 14.4. The summed E-state index contributed by atoms with van der Waals surface area (Å²) in [4.78, 5) is 0. The average Bonchev–Trinajstić information content (AvgIpc) is 2.34. The summed E-state index contributed by atoms with van der Waals surface area (Å²) < 4.78 is 5.67. The normalized spacial score (nSPS) is 20.1. The third kappa shape index (κ3) is 4.01. The highest BCUT2D eigenvalue weighted by molar-refractivity contribution is 6.39. The fourth-order valence-corrected chi connectivity index (χ4v) is 2.87. The predicted octanol–water partition coefficient (Wildman–Crippen LogP) is 4.47. The van der Waals surface area contributed by atoms with Gasteiger partial charge in [-0.3, -0.25) is 0 Å². The number of nitrogens with one attached hydrogen (secondary N) is 1. The van der Waals surface area contributed by atoms with Crippen LogP contribution in [0.5, 0.6) is 0 Å². The fourth-order valence-electron chi connectivity index (χ4n) is 1.94. The quantitative estimate of drug-likeness (QED) is 0.886. The van der Waals surface area contributed by atoms with Crippen LogP contribution in [0.2, 0.25) is 15.1 Å². The zero-order valence-electron chi connectivity index (χ0n) is 9.89. The van der Waals surface area contributed by atoms with Gasteiger partial charge in [-0.1, -0.05) is 41.2 Å². The van der Waals surface area contributed by atoms with Crippen LogP contribution in [-0.2, 0) is 11.3 Å². The van der Waals surface area contributed by atoms with Crippen LogP contribution in [0.1, 0.15) is 24.8 Å². The number of piperidine rings is 1. The summed E-state index contributed by atoms with van der Waals surface area (Å²) in [5.74, 6) is 0. The van der Waals surface area contributed by atoms with E-state index < -0.39 is 0 Å². The third-order valence-electron chi connectivity index (χ3n) is 2.93. The van der Waals surface area contributed by atoms with Crippen molar-refractivity contribution in [3.05, 3.63) is 39.3 Å². The van der Waals surface area contributed by atoms with Crippen molar-refractivity contribution in [2.75, 3.05) is 6.61 Å². The van der Waals surface area contributed by atoms with Crippen molar-refractivity contribution in [3.63, 3.8) is 0 Å². The van der Waals surface area contributed by atoms with Crippen LogP contribution in [0, 0.1) is 6.54 Å². The van der Waals surface area contributed by atoms with Gasteiger partial charge in [-0.15, -0.1) is 0 Å². The molecule has 0 aliphatic carbocycles. The molecule has 0 saturated carbocycles. The lowest BCUT2D eigenvalue weighted by Gasteiger charge is -2.23. The van der Waals surface area contributed by atoms with Gasteiger partial charge in [0.1, 0.15) is 0 Å². The van der Waals surface area contributed by atoms with E-state index in [2.05, 4.69) is 11.9 Å². The van der Waals surface area contributed by atoms with Crippen molar-refractivity contribution in [2.45, 2.75) is 31.9 Å². The molecule has 1 unspecified atom stereocenters. The van der Waals surface area contributed by atoms with Crippen LogP contribution < -0.4 is 5.32 Å². The molecule has 2 rings (SSSR count). The molecule has 2 nitrogen and oxygen atoms in total. The molecule has 1 aromatic rings. The smallest absolute Gasteiger partial charge is 0.0746 e. The van der Waals surface area contributed by atoms with Crippen LogP contribution in [0.25, 0.3) is 0 Å². The van der Waals surface area contributed by atoms with Gasteiger partial charge < -0.3 is 10.1 Å². The summed E-state index contributed by atoms with van der Waals surface area (Å²) in [5.41, 5.74) is 0.794. The summed E-state index contributed by atoms with van der Waals surface area (Å²) in [7, 11) is 0. The van der Waals surface area contributed by atoms with E-state index in [1.807, 2.05) is 0 Å². The summed E-state index contributed by atoms with van der Waals surface area (Å²) in [6, 6.07) is 3.75. The van der Waals surface area contributed by atoms with Crippen molar-refractivity contribution < 1.29 is 4.74 Å². The Bertz CT molecular complexity index is 382. The first-order valence-electron chi connectivity index (χ1n) is 5.95. The van der Waals surface area contributed by atoms with Gasteiger partial charge in [-0.05, 0) is 25.0 Å².